The van der Waals surface area contributed by atoms with Crippen LogP contribution in [-0.4, -0.2) is 5.92 Å². The van der Waals surface area contributed by atoms with E-state index in [1.807, 2.05) is 0 Å². The van der Waals surface area contributed by atoms with E-state index in [4.69, 9.17) is 0 Å². The monoisotopic (exact) mass is 424 g/mol. The van der Waals surface area contributed by atoms with Crippen LogP contribution >= 0.6 is 0 Å². The molecule has 2 unspecified atom stereocenters. The van der Waals surface area contributed by atoms with Crippen LogP contribution in [0.25, 0.3) is 6.08 Å². The van der Waals surface area contributed by atoms with Crippen molar-refractivity contribution in [2.45, 2.75) is 56.6 Å². The molecular weight excluding hydrogens is 396 g/mol. The van der Waals surface area contributed by atoms with Gasteiger partial charge in [0.2, 0.25) is 0 Å². The van der Waals surface area contributed by atoms with Gasteiger partial charge >= 0.3 is 167 Å². The van der Waals surface area contributed by atoms with E-state index in [1.165, 1.54) is 5.56 Å². The van der Waals surface area contributed by atoms with Gasteiger partial charge in [0.1, 0.15) is 0 Å². The van der Waals surface area contributed by atoms with Gasteiger partial charge in [0, 0.05) is 0 Å². The third-order valence-corrected chi connectivity index (χ3v) is 18.1. The van der Waals surface area contributed by atoms with Crippen molar-refractivity contribution in [2.75, 3.05) is 0 Å². The number of allylic oxidation sites excluding steroid dienone is 1. The number of benzene rings is 2. The van der Waals surface area contributed by atoms with Crippen molar-refractivity contribution in [1.82, 2.24) is 0 Å². The average Bonchev–Trinajstić information content (AvgIpc) is 2.90. The van der Waals surface area contributed by atoms with E-state index < -0.39 is 28.3 Å². The maximum absolute atomic E-state index is 2.59. The molecule has 0 N–H and O–H groups in total. The second kappa shape index (κ2) is 7.89. The van der Waals surface area contributed by atoms with E-state index in [1.54, 1.807) is 27.5 Å². The molecule has 0 nitrogen and oxygen atoms in total. The fraction of sp³-hybridized carbons (Fsp3) is 0.391. The molecule has 0 bridgehead atoms. The van der Waals surface area contributed by atoms with Crippen molar-refractivity contribution in [3.05, 3.63) is 70.3 Å². The number of rotatable bonds is 5. The summed E-state index contributed by atoms with van der Waals surface area (Å²) in [7, 11) is 0. The molecule has 2 heteroatoms. The normalized spacial score (nSPS) is 17.6. The number of hydrogen-bond acceptors (Lipinski definition) is 0. The van der Waals surface area contributed by atoms with Crippen LogP contribution in [0.2, 0.25) is 6.55 Å². The molecule has 0 aliphatic heterocycles. The topological polar surface area (TPSA) is 0 Å². The summed E-state index contributed by atoms with van der Waals surface area (Å²) < 4.78 is 0.789. The third kappa shape index (κ3) is 4.01. The first-order valence-electron chi connectivity index (χ1n) is 9.55. The summed E-state index contributed by atoms with van der Waals surface area (Å²) in [5, 5.41) is 1.67. The van der Waals surface area contributed by atoms with Gasteiger partial charge in [0.25, 0.3) is 0 Å². The molecule has 2 aromatic rings. The zero-order valence-corrected chi connectivity index (χ0v) is 20.0. The molecule has 0 radical (unpaired) electrons. The van der Waals surface area contributed by atoms with Gasteiger partial charge in [-0.25, -0.2) is 0 Å². The van der Waals surface area contributed by atoms with Crippen LogP contribution in [0.1, 0.15) is 72.3 Å². The van der Waals surface area contributed by atoms with E-state index in [9.17, 15) is 0 Å². The molecule has 2 aromatic carbocycles. The fourth-order valence-corrected chi connectivity index (χ4v) is 16.3. The Balaban J connectivity index is 1.98. The van der Waals surface area contributed by atoms with E-state index >= 15 is 0 Å². The summed E-state index contributed by atoms with van der Waals surface area (Å²) in [4.78, 5) is 0. The molecule has 3 rings (SSSR count). The molecule has 0 saturated heterocycles. The molecule has 25 heavy (non-hydrogen) atoms. The first-order valence-corrected chi connectivity index (χ1v) is 17.5. The zero-order chi connectivity index (χ0) is 18.1. The van der Waals surface area contributed by atoms with Crippen molar-refractivity contribution in [2.24, 2.45) is 0 Å². The van der Waals surface area contributed by atoms with Gasteiger partial charge in [0.15, 0.2) is 0 Å². The van der Waals surface area contributed by atoms with Crippen LogP contribution in [0.4, 0.5) is 0 Å². The molecule has 0 amide bonds. The van der Waals surface area contributed by atoms with Crippen LogP contribution < -0.4 is 5.19 Å². The second-order valence-electron chi connectivity index (χ2n) is 8.04. The Labute approximate surface area is 165 Å². The average molecular weight is 426 g/mol. The standard InChI is InChI=1S/C16H21.C7H9Si.Zr/c1-10(2)13-8-14-6-12(5)7-16(14)15(9-13)11(3)4;1-8-7-5-3-2-4-6-7;/h6-11H,1-5H3;2-6,8H,1H3;. The zero-order valence-electron chi connectivity index (χ0n) is 16.4. The summed E-state index contributed by atoms with van der Waals surface area (Å²) in [5.74, 6) is 0.449. The minimum atomic E-state index is -0.762. The van der Waals surface area contributed by atoms with Crippen LogP contribution in [0, 0.1) is 0 Å². The summed E-state index contributed by atoms with van der Waals surface area (Å²) >= 11 is -0.485. The Morgan fingerprint density at radius 3 is 2.24 bits per heavy atom. The first-order chi connectivity index (χ1) is 11.9. The molecule has 0 heterocycles. The van der Waals surface area contributed by atoms with Crippen molar-refractivity contribution >= 4 is 17.2 Å². The van der Waals surface area contributed by atoms with Gasteiger partial charge in [0.05, 0.1) is 0 Å². The van der Waals surface area contributed by atoms with E-state index in [0.29, 0.717) is 11.8 Å². The molecule has 1 aliphatic carbocycles. The van der Waals surface area contributed by atoms with Gasteiger partial charge < -0.3 is 0 Å². The summed E-state index contributed by atoms with van der Waals surface area (Å²) in [5.41, 5.74) is 7.98. The minimum absolute atomic E-state index is 0.485. The van der Waals surface area contributed by atoms with E-state index in [0.717, 1.165) is 3.63 Å². The Bertz CT molecular complexity index is 774. The Morgan fingerprint density at radius 2 is 1.64 bits per heavy atom. The quantitative estimate of drug-likeness (QED) is 0.536. The van der Waals surface area contributed by atoms with Gasteiger partial charge in [-0.05, 0) is 0 Å². The SMILES string of the molecule is CC1=Cc2c(C(C)C)cc(C(C)C)cc2[CH]1[Zr][SiH](C)c1ccccc1. The second-order valence-corrected chi connectivity index (χ2v) is 20.7. The summed E-state index contributed by atoms with van der Waals surface area (Å²) in [6.07, 6.45) is 2.52. The molecule has 0 fully saturated rings. The predicted octanol–water partition coefficient (Wildman–Crippen LogP) is 5.73. The Kier molecular flexibility index (Phi) is 6.01. The number of hydrogen-bond donors (Lipinski definition) is 0. The fourth-order valence-electron chi connectivity index (χ4n) is 3.80. The van der Waals surface area contributed by atoms with Gasteiger partial charge in [-0.15, -0.1) is 0 Å². The number of fused-ring (bicyclic) bond motifs is 1. The van der Waals surface area contributed by atoms with Gasteiger partial charge in [-0.2, -0.15) is 0 Å². The molecule has 0 aromatic heterocycles. The van der Waals surface area contributed by atoms with Crippen LogP contribution in [0.15, 0.2) is 48.0 Å². The van der Waals surface area contributed by atoms with Crippen LogP contribution in [0.5, 0.6) is 0 Å². The van der Waals surface area contributed by atoms with Crippen molar-refractivity contribution in [3.63, 3.8) is 0 Å². The van der Waals surface area contributed by atoms with Crippen molar-refractivity contribution in [3.8, 4) is 0 Å². The van der Waals surface area contributed by atoms with Crippen molar-refractivity contribution < 1.29 is 22.4 Å². The van der Waals surface area contributed by atoms with Crippen LogP contribution in [0.3, 0.4) is 0 Å². The molecular formula is C23H30SiZr. The molecule has 0 saturated carbocycles. The van der Waals surface area contributed by atoms with Crippen molar-refractivity contribution in [1.29, 1.82) is 0 Å². The molecule has 1 aliphatic rings. The predicted molar refractivity (Wildman–Crippen MR) is 110 cm³/mol. The van der Waals surface area contributed by atoms with Crippen LogP contribution in [-0.2, 0) is 22.4 Å². The summed E-state index contributed by atoms with van der Waals surface area (Å²) in [6, 6.07) is 16.4. The third-order valence-electron chi connectivity index (χ3n) is 5.41. The van der Waals surface area contributed by atoms with E-state index in [-0.39, 0.29) is 0 Å². The maximum atomic E-state index is 2.59. The van der Waals surface area contributed by atoms with Gasteiger partial charge in [-0.1, -0.05) is 0 Å². The molecule has 130 valence electrons. The first kappa shape index (κ1) is 19.1. The molecule has 2 atom stereocenters. The molecule has 0 spiro atoms. The Hall–Kier alpha value is -0.720. The Morgan fingerprint density at radius 1 is 0.960 bits per heavy atom. The summed E-state index contributed by atoms with van der Waals surface area (Å²) in [6.45, 7) is 14.3. The van der Waals surface area contributed by atoms with Gasteiger partial charge in [-0.3, -0.25) is 0 Å². The van der Waals surface area contributed by atoms with E-state index in [2.05, 4.69) is 89.7 Å².